The molecule has 0 saturated carbocycles. The molecule has 0 fully saturated rings. The quantitative estimate of drug-likeness (QED) is 0.225. The Morgan fingerprint density at radius 1 is 0.500 bits per heavy atom. The van der Waals surface area contributed by atoms with Gasteiger partial charge in [-0.3, -0.25) is 0 Å². The normalized spacial score (nSPS) is 12.0. The highest BCUT2D eigenvalue weighted by atomic mass is 16.5. The Labute approximate surface area is 242 Å². The van der Waals surface area contributed by atoms with Crippen LogP contribution in [-0.4, -0.2) is 9.38 Å². The summed E-state index contributed by atoms with van der Waals surface area (Å²) in [6.45, 7) is 0. The number of ether oxygens (including phenoxy) is 1. The maximum absolute atomic E-state index is 6.31. The number of benzene rings is 6. The highest BCUT2D eigenvalue weighted by Gasteiger charge is 2.21. The van der Waals surface area contributed by atoms with E-state index in [-0.39, 0.29) is 0 Å². The zero-order valence-electron chi connectivity index (χ0n) is 22.7. The molecule has 3 nitrogen and oxygen atoms in total. The number of hydrogen-bond acceptors (Lipinski definition) is 2. The average molecular weight is 537 g/mol. The predicted molar refractivity (Wildman–Crippen MR) is 172 cm³/mol. The van der Waals surface area contributed by atoms with Crippen LogP contribution < -0.4 is 4.74 Å². The Balaban J connectivity index is 1.11. The fraction of sp³-hybridized carbons (Fsp3) is 0. The third-order valence-electron chi connectivity index (χ3n) is 8.41. The molecule has 2 aromatic heterocycles. The molecule has 6 aromatic carbocycles. The maximum Gasteiger partial charge on any atom is 0.137 e. The molecule has 0 spiro atoms. The highest BCUT2D eigenvalue weighted by Crippen LogP contribution is 2.48. The van der Waals surface area contributed by atoms with E-state index in [0.717, 1.165) is 34.0 Å². The molecule has 3 heteroatoms. The van der Waals surface area contributed by atoms with E-state index in [4.69, 9.17) is 9.72 Å². The molecule has 1 aliphatic heterocycles. The van der Waals surface area contributed by atoms with Crippen LogP contribution in [0.2, 0.25) is 0 Å². The van der Waals surface area contributed by atoms with Crippen LogP contribution in [0.3, 0.4) is 0 Å². The number of aromatic nitrogens is 2. The van der Waals surface area contributed by atoms with Crippen molar-refractivity contribution in [2.45, 2.75) is 0 Å². The first kappa shape index (κ1) is 23.1. The first-order chi connectivity index (χ1) is 20.8. The second kappa shape index (κ2) is 8.92. The van der Waals surface area contributed by atoms with Gasteiger partial charge in [0.25, 0.3) is 0 Å². The van der Waals surface area contributed by atoms with Crippen molar-refractivity contribution < 1.29 is 4.74 Å². The Morgan fingerprint density at radius 2 is 1.26 bits per heavy atom. The summed E-state index contributed by atoms with van der Waals surface area (Å²) in [5, 5.41) is 4.82. The van der Waals surface area contributed by atoms with Crippen LogP contribution in [0.5, 0.6) is 11.5 Å². The van der Waals surface area contributed by atoms with E-state index < -0.39 is 0 Å². The molecule has 9 rings (SSSR count). The average Bonchev–Trinajstić information content (AvgIpc) is 3.49. The maximum atomic E-state index is 6.31. The second-order valence-electron chi connectivity index (χ2n) is 10.9. The van der Waals surface area contributed by atoms with Gasteiger partial charge in [-0.05, 0) is 86.4 Å². The Hall–Kier alpha value is -5.67. The van der Waals surface area contributed by atoms with Crippen molar-refractivity contribution in [3.05, 3.63) is 146 Å². The molecule has 0 N–H and O–H groups in total. The number of hydrogen-bond donors (Lipinski definition) is 0. The molecule has 0 atom stereocenters. The topological polar surface area (TPSA) is 26.5 Å². The van der Waals surface area contributed by atoms with E-state index in [0.29, 0.717) is 0 Å². The zero-order chi connectivity index (χ0) is 27.6. The molecule has 42 heavy (non-hydrogen) atoms. The van der Waals surface area contributed by atoms with Gasteiger partial charge < -0.3 is 9.14 Å². The summed E-state index contributed by atoms with van der Waals surface area (Å²) >= 11 is 0. The van der Waals surface area contributed by atoms with Crippen molar-refractivity contribution in [1.29, 1.82) is 0 Å². The van der Waals surface area contributed by atoms with Gasteiger partial charge in [-0.1, -0.05) is 91.0 Å². The van der Waals surface area contributed by atoms with Gasteiger partial charge in [-0.2, -0.15) is 0 Å². The Kier molecular flexibility index (Phi) is 4.90. The molecule has 0 unspecified atom stereocenters. The summed E-state index contributed by atoms with van der Waals surface area (Å²) < 4.78 is 8.37. The van der Waals surface area contributed by atoms with Crippen LogP contribution >= 0.6 is 0 Å². The summed E-state index contributed by atoms with van der Waals surface area (Å²) in [7, 11) is 0. The van der Waals surface area contributed by atoms with Crippen molar-refractivity contribution >= 4 is 27.2 Å². The smallest absolute Gasteiger partial charge is 0.137 e. The summed E-state index contributed by atoms with van der Waals surface area (Å²) in [6.07, 6.45) is 4.12. The first-order valence-electron chi connectivity index (χ1n) is 14.2. The minimum atomic E-state index is 0.913. The molecule has 0 bridgehead atoms. The molecule has 0 amide bonds. The SMILES string of the molecule is c1cc(-c2ccc3cc(-c4ccc5c6c(cccc46)-c4ccccc4O5)ccc3c2)cc(-c2cn3ccccc3n2)c1. The number of fused-ring (bicyclic) bond motifs is 4. The molecule has 8 aromatic rings. The van der Waals surface area contributed by atoms with Gasteiger partial charge in [-0.15, -0.1) is 0 Å². The van der Waals surface area contributed by atoms with Crippen molar-refractivity contribution in [1.82, 2.24) is 9.38 Å². The van der Waals surface area contributed by atoms with Crippen molar-refractivity contribution in [3.8, 4) is 56.1 Å². The van der Waals surface area contributed by atoms with Crippen LogP contribution in [-0.2, 0) is 0 Å². The predicted octanol–water partition coefficient (Wildman–Crippen LogP) is 10.4. The number of pyridine rings is 1. The van der Waals surface area contributed by atoms with Crippen molar-refractivity contribution in [2.24, 2.45) is 0 Å². The molecule has 196 valence electrons. The van der Waals surface area contributed by atoms with E-state index in [9.17, 15) is 0 Å². The number of imidazole rings is 1. The lowest BCUT2D eigenvalue weighted by Gasteiger charge is -2.22. The number of nitrogens with zero attached hydrogens (tertiary/aromatic N) is 2. The fourth-order valence-corrected chi connectivity index (χ4v) is 6.36. The highest BCUT2D eigenvalue weighted by molar-refractivity contribution is 6.10. The van der Waals surface area contributed by atoms with E-state index in [1.807, 2.05) is 36.5 Å². The van der Waals surface area contributed by atoms with E-state index in [1.54, 1.807) is 0 Å². The number of rotatable bonds is 3. The lowest BCUT2D eigenvalue weighted by atomic mass is 9.90. The monoisotopic (exact) mass is 536 g/mol. The minimum absolute atomic E-state index is 0.913. The Bertz CT molecular complexity index is 2310. The lowest BCUT2D eigenvalue weighted by molar-refractivity contribution is 0.487. The van der Waals surface area contributed by atoms with Crippen LogP contribution in [0, 0.1) is 0 Å². The van der Waals surface area contributed by atoms with E-state index in [1.165, 1.54) is 49.4 Å². The van der Waals surface area contributed by atoms with Gasteiger partial charge in [0.2, 0.25) is 0 Å². The third-order valence-corrected chi connectivity index (χ3v) is 8.41. The summed E-state index contributed by atoms with van der Waals surface area (Å²) in [5.41, 5.74) is 10.2. The van der Waals surface area contributed by atoms with Gasteiger partial charge in [0, 0.05) is 28.9 Å². The summed E-state index contributed by atoms with van der Waals surface area (Å²) in [5.74, 6) is 1.83. The van der Waals surface area contributed by atoms with Crippen molar-refractivity contribution in [2.75, 3.05) is 0 Å². The van der Waals surface area contributed by atoms with Gasteiger partial charge in [0.1, 0.15) is 17.1 Å². The summed E-state index contributed by atoms with van der Waals surface area (Å²) in [6, 6.07) is 47.4. The van der Waals surface area contributed by atoms with Gasteiger partial charge in [0.05, 0.1) is 5.69 Å². The molecule has 0 radical (unpaired) electrons. The number of para-hydroxylation sites is 1. The van der Waals surface area contributed by atoms with Crippen LogP contribution in [0.1, 0.15) is 0 Å². The zero-order valence-corrected chi connectivity index (χ0v) is 22.7. The molecule has 0 saturated heterocycles. The first-order valence-corrected chi connectivity index (χ1v) is 14.2. The van der Waals surface area contributed by atoms with Gasteiger partial charge in [0.15, 0.2) is 0 Å². The molecule has 3 heterocycles. The third kappa shape index (κ3) is 3.57. The second-order valence-corrected chi connectivity index (χ2v) is 10.9. The lowest BCUT2D eigenvalue weighted by Crippen LogP contribution is -1.97. The largest absolute Gasteiger partial charge is 0.456 e. The van der Waals surface area contributed by atoms with Crippen LogP contribution in [0.15, 0.2) is 146 Å². The standard InChI is InChI=1S/C39H24N2O/c1-2-12-36-32(9-1)34-11-6-10-33-31(18-19-37(42-36)39(33)34)29-17-16-27-21-26(14-15-28(27)22-29)25-7-5-8-30(23-25)35-24-41-20-4-3-13-38(41)40-35/h1-24H. The van der Waals surface area contributed by atoms with Crippen LogP contribution in [0.4, 0.5) is 0 Å². The van der Waals surface area contributed by atoms with Gasteiger partial charge >= 0.3 is 0 Å². The van der Waals surface area contributed by atoms with Crippen LogP contribution in [0.25, 0.3) is 71.8 Å². The van der Waals surface area contributed by atoms with E-state index >= 15 is 0 Å². The molecule has 0 aliphatic carbocycles. The molecule has 1 aliphatic rings. The minimum Gasteiger partial charge on any atom is -0.456 e. The van der Waals surface area contributed by atoms with Crippen molar-refractivity contribution in [3.63, 3.8) is 0 Å². The molecular formula is C39H24N2O. The van der Waals surface area contributed by atoms with E-state index in [2.05, 4.69) is 114 Å². The van der Waals surface area contributed by atoms with Gasteiger partial charge in [-0.25, -0.2) is 4.98 Å². The summed E-state index contributed by atoms with van der Waals surface area (Å²) in [4.78, 5) is 4.81. The Morgan fingerprint density at radius 3 is 2.19 bits per heavy atom. The molecular weight excluding hydrogens is 512 g/mol. The fourth-order valence-electron chi connectivity index (χ4n) is 6.36.